The smallest absolute Gasteiger partial charge is 0.228 e. The average molecular weight is 250 g/mol. The van der Waals surface area contributed by atoms with Crippen molar-refractivity contribution in [3.05, 3.63) is 17.8 Å². The number of aromatic nitrogens is 1. The number of carbonyl (C=O) groups excluding carboxylic acids is 1. The number of nitrogens with zero attached hydrogens (tertiary/aromatic N) is 1. The van der Waals surface area contributed by atoms with E-state index >= 15 is 0 Å². The fourth-order valence-electron chi connectivity index (χ4n) is 1.98. The largest absolute Gasteiger partial charge is 0.495 e. The van der Waals surface area contributed by atoms with Crippen LogP contribution in [-0.2, 0) is 10.2 Å². The van der Waals surface area contributed by atoms with Crippen LogP contribution in [0.5, 0.6) is 11.6 Å². The predicted molar refractivity (Wildman–Crippen MR) is 66.7 cm³/mol. The third-order valence-corrected chi connectivity index (χ3v) is 3.15. The van der Waals surface area contributed by atoms with Crippen LogP contribution < -0.4 is 15.2 Å². The molecule has 0 radical (unpaired) electrons. The van der Waals surface area contributed by atoms with E-state index in [0.717, 1.165) is 18.4 Å². The normalized spacial score (nSPS) is 16.4. The molecule has 0 unspecified atom stereocenters. The van der Waals surface area contributed by atoms with Crippen molar-refractivity contribution >= 4 is 5.91 Å². The molecule has 5 heteroatoms. The summed E-state index contributed by atoms with van der Waals surface area (Å²) >= 11 is 0. The molecule has 1 aliphatic rings. The summed E-state index contributed by atoms with van der Waals surface area (Å²) in [7, 11) is 1.56. The zero-order valence-corrected chi connectivity index (χ0v) is 10.9. The van der Waals surface area contributed by atoms with E-state index < -0.39 is 5.41 Å². The van der Waals surface area contributed by atoms with E-state index in [1.54, 1.807) is 19.4 Å². The van der Waals surface area contributed by atoms with Gasteiger partial charge in [-0.2, -0.15) is 0 Å². The van der Waals surface area contributed by atoms with Gasteiger partial charge < -0.3 is 15.2 Å². The zero-order chi connectivity index (χ0) is 13.3. The van der Waals surface area contributed by atoms with Gasteiger partial charge in [0, 0.05) is 5.56 Å². The molecule has 1 fully saturated rings. The summed E-state index contributed by atoms with van der Waals surface area (Å²) in [6, 6.07) is 1.79. The van der Waals surface area contributed by atoms with E-state index in [2.05, 4.69) is 4.98 Å². The van der Waals surface area contributed by atoms with Crippen molar-refractivity contribution < 1.29 is 14.3 Å². The van der Waals surface area contributed by atoms with Crippen molar-refractivity contribution in [1.29, 1.82) is 0 Å². The summed E-state index contributed by atoms with van der Waals surface area (Å²) in [6.45, 7) is 3.83. The van der Waals surface area contributed by atoms with Crippen LogP contribution in [0.3, 0.4) is 0 Å². The lowest BCUT2D eigenvalue weighted by atomic mass is 9.96. The maximum Gasteiger partial charge on any atom is 0.228 e. The van der Waals surface area contributed by atoms with Crippen LogP contribution in [0.25, 0.3) is 0 Å². The van der Waals surface area contributed by atoms with E-state index in [0.29, 0.717) is 11.6 Å². The summed E-state index contributed by atoms with van der Waals surface area (Å²) < 4.78 is 10.8. The van der Waals surface area contributed by atoms with Crippen LogP contribution in [-0.4, -0.2) is 24.1 Å². The second-order valence-electron chi connectivity index (χ2n) is 4.84. The van der Waals surface area contributed by atoms with Gasteiger partial charge in [0.05, 0.1) is 24.8 Å². The first-order valence-electron chi connectivity index (χ1n) is 6.00. The summed E-state index contributed by atoms with van der Waals surface area (Å²) in [6.07, 6.45) is 3.06. The first kappa shape index (κ1) is 12.7. The van der Waals surface area contributed by atoms with Gasteiger partial charge in [0.1, 0.15) is 5.75 Å². The summed E-state index contributed by atoms with van der Waals surface area (Å²) in [5, 5.41) is 0. The molecule has 1 aromatic rings. The Labute approximate surface area is 106 Å². The lowest BCUT2D eigenvalue weighted by Crippen LogP contribution is -2.29. The van der Waals surface area contributed by atoms with Crippen molar-refractivity contribution in [1.82, 2.24) is 4.98 Å². The molecule has 5 nitrogen and oxygen atoms in total. The molecule has 0 atom stereocenters. The number of methoxy groups -OCH3 is 1. The van der Waals surface area contributed by atoms with Crippen molar-refractivity contribution in [3.63, 3.8) is 0 Å². The zero-order valence-electron chi connectivity index (χ0n) is 10.9. The van der Waals surface area contributed by atoms with Crippen LogP contribution in [0, 0.1) is 0 Å². The number of primary amides is 1. The third-order valence-electron chi connectivity index (χ3n) is 3.15. The Kier molecular flexibility index (Phi) is 3.15. The standard InChI is InChI=1S/C13H18N2O3/c1-8(2)18-11-10(6-9(17-3)7-15-11)13(4-5-13)12(14)16/h6-8H,4-5H2,1-3H3,(H2,14,16). The Morgan fingerprint density at radius 1 is 1.50 bits per heavy atom. The second kappa shape index (κ2) is 4.48. The molecule has 1 aliphatic carbocycles. The Morgan fingerprint density at radius 3 is 2.61 bits per heavy atom. The highest BCUT2D eigenvalue weighted by molar-refractivity contribution is 5.90. The highest BCUT2D eigenvalue weighted by Crippen LogP contribution is 2.51. The van der Waals surface area contributed by atoms with Gasteiger partial charge in [-0.25, -0.2) is 4.98 Å². The molecule has 98 valence electrons. The molecular weight excluding hydrogens is 232 g/mol. The van der Waals surface area contributed by atoms with Gasteiger partial charge in [0.25, 0.3) is 0 Å². The van der Waals surface area contributed by atoms with E-state index in [1.165, 1.54) is 0 Å². The maximum absolute atomic E-state index is 11.6. The van der Waals surface area contributed by atoms with Crippen LogP contribution >= 0.6 is 0 Å². The molecule has 0 spiro atoms. The summed E-state index contributed by atoms with van der Waals surface area (Å²) in [4.78, 5) is 15.8. The number of hydrogen-bond donors (Lipinski definition) is 1. The molecule has 1 saturated carbocycles. The third kappa shape index (κ3) is 2.12. The monoisotopic (exact) mass is 250 g/mol. The molecule has 0 aliphatic heterocycles. The first-order chi connectivity index (χ1) is 8.49. The number of rotatable bonds is 5. The van der Waals surface area contributed by atoms with Crippen molar-refractivity contribution in [2.75, 3.05) is 7.11 Å². The fourth-order valence-corrected chi connectivity index (χ4v) is 1.98. The minimum absolute atomic E-state index is 0.00618. The molecular formula is C13H18N2O3. The maximum atomic E-state index is 11.6. The Morgan fingerprint density at radius 2 is 2.17 bits per heavy atom. The number of hydrogen-bond acceptors (Lipinski definition) is 4. The van der Waals surface area contributed by atoms with Gasteiger partial charge in [-0.05, 0) is 32.8 Å². The average Bonchev–Trinajstić information content (AvgIpc) is 3.10. The van der Waals surface area contributed by atoms with Crippen molar-refractivity contribution in [3.8, 4) is 11.6 Å². The van der Waals surface area contributed by atoms with Crippen LogP contribution in [0.1, 0.15) is 32.3 Å². The Hall–Kier alpha value is -1.78. The number of carbonyl (C=O) groups is 1. The van der Waals surface area contributed by atoms with Crippen LogP contribution in [0.2, 0.25) is 0 Å². The number of nitrogens with two attached hydrogens (primary N) is 1. The van der Waals surface area contributed by atoms with Gasteiger partial charge in [-0.1, -0.05) is 0 Å². The highest BCUT2D eigenvalue weighted by atomic mass is 16.5. The number of ether oxygens (including phenoxy) is 2. The van der Waals surface area contributed by atoms with E-state index in [4.69, 9.17) is 15.2 Å². The summed E-state index contributed by atoms with van der Waals surface area (Å²) in [5.41, 5.74) is 5.61. The molecule has 18 heavy (non-hydrogen) atoms. The van der Waals surface area contributed by atoms with E-state index in [-0.39, 0.29) is 12.0 Å². The minimum atomic E-state index is -0.619. The molecule has 1 amide bonds. The molecule has 0 saturated heterocycles. The van der Waals surface area contributed by atoms with Crippen LogP contribution in [0.15, 0.2) is 12.3 Å². The SMILES string of the molecule is COc1cnc(OC(C)C)c(C2(C(N)=O)CC2)c1. The molecule has 0 bridgehead atoms. The van der Waals surface area contributed by atoms with Gasteiger partial charge in [0.15, 0.2) is 0 Å². The molecule has 2 N–H and O–H groups in total. The Balaban J connectivity index is 2.45. The number of amides is 1. The van der Waals surface area contributed by atoms with Gasteiger partial charge in [-0.3, -0.25) is 4.79 Å². The van der Waals surface area contributed by atoms with Crippen LogP contribution in [0.4, 0.5) is 0 Å². The van der Waals surface area contributed by atoms with Gasteiger partial charge in [-0.15, -0.1) is 0 Å². The highest BCUT2D eigenvalue weighted by Gasteiger charge is 2.52. The van der Waals surface area contributed by atoms with E-state index in [9.17, 15) is 4.79 Å². The molecule has 1 aromatic heterocycles. The van der Waals surface area contributed by atoms with Crippen molar-refractivity contribution in [2.24, 2.45) is 5.73 Å². The Bertz CT molecular complexity index is 467. The van der Waals surface area contributed by atoms with Crippen molar-refractivity contribution in [2.45, 2.75) is 38.2 Å². The molecule has 0 aromatic carbocycles. The van der Waals surface area contributed by atoms with E-state index in [1.807, 2.05) is 13.8 Å². The lowest BCUT2D eigenvalue weighted by Gasteiger charge is -2.18. The topological polar surface area (TPSA) is 74.4 Å². The number of pyridine rings is 1. The predicted octanol–water partition coefficient (Wildman–Crippen LogP) is 1.39. The quantitative estimate of drug-likeness (QED) is 0.857. The summed E-state index contributed by atoms with van der Waals surface area (Å²) in [5.74, 6) is 0.752. The second-order valence-corrected chi connectivity index (χ2v) is 4.84. The molecule has 2 rings (SSSR count). The lowest BCUT2D eigenvalue weighted by molar-refractivity contribution is -0.120. The minimum Gasteiger partial charge on any atom is -0.495 e. The van der Waals surface area contributed by atoms with Gasteiger partial charge >= 0.3 is 0 Å². The van der Waals surface area contributed by atoms with Gasteiger partial charge in [0.2, 0.25) is 11.8 Å². The fraction of sp³-hybridized carbons (Fsp3) is 0.538. The first-order valence-corrected chi connectivity index (χ1v) is 6.00. The molecule has 1 heterocycles.